The summed E-state index contributed by atoms with van der Waals surface area (Å²) in [6.45, 7) is 5.97. The van der Waals surface area contributed by atoms with Crippen LogP contribution < -0.4 is 19.5 Å². The van der Waals surface area contributed by atoms with Crippen molar-refractivity contribution in [1.82, 2.24) is 9.78 Å². The highest BCUT2D eigenvalue weighted by Gasteiger charge is 2.35. The van der Waals surface area contributed by atoms with E-state index >= 15 is 0 Å². The summed E-state index contributed by atoms with van der Waals surface area (Å²) in [5, 5.41) is 28.4. The number of hydrogen-bond acceptors (Lipinski definition) is 9. The lowest BCUT2D eigenvalue weighted by molar-refractivity contribution is -0.424. The number of aromatic nitrogens is 2. The zero-order valence-corrected chi connectivity index (χ0v) is 19.9. The Labute approximate surface area is 205 Å². The molecule has 1 amide bonds. The van der Waals surface area contributed by atoms with Crippen molar-refractivity contribution in [2.45, 2.75) is 33.9 Å². The summed E-state index contributed by atoms with van der Waals surface area (Å²) >= 11 is 0. The van der Waals surface area contributed by atoms with Crippen molar-refractivity contribution < 1.29 is 28.9 Å². The minimum absolute atomic E-state index is 0.0904. The number of amides is 1. The first-order valence-electron chi connectivity index (χ1n) is 11.0. The molecule has 13 heteroatoms. The molecular formula is C23H25N5O8. The van der Waals surface area contributed by atoms with Crippen molar-refractivity contribution in [3.8, 4) is 17.2 Å². The number of carbonyl (C=O) groups excluding carboxylic acids is 1. The molecule has 13 nitrogen and oxygen atoms in total. The molecule has 0 aliphatic rings. The number of nitrogens with zero attached hydrogens (tertiary/aromatic N) is 4. The fourth-order valence-corrected chi connectivity index (χ4v) is 3.33. The summed E-state index contributed by atoms with van der Waals surface area (Å²) in [5.74, 6) is 0.401. The van der Waals surface area contributed by atoms with Crippen molar-refractivity contribution in [1.29, 1.82) is 0 Å². The van der Waals surface area contributed by atoms with E-state index in [1.54, 1.807) is 24.3 Å². The van der Waals surface area contributed by atoms with Crippen LogP contribution in [-0.2, 0) is 17.9 Å². The highest BCUT2D eigenvalue weighted by atomic mass is 16.6. The van der Waals surface area contributed by atoms with Gasteiger partial charge in [-0.15, -0.1) is 0 Å². The topological polar surface area (TPSA) is 161 Å². The molecule has 190 valence electrons. The number of anilines is 1. The summed E-state index contributed by atoms with van der Waals surface area (Å²) < 4.78 is 17.9. The Balaban J connectivity index is 1.60. The van der Waals surface area contributed by atoms with E-state index in [1.165, 1.54) is 6.92 Å². The quantitative estimate of drug-likeness (QED) is 0.286. The maximum atomic E-state index is 12.4. The molecular weight excluding hydrogens is 474 g/mol. The predicted octanol–water partition coefficient (Wildman–Crippen LogP) is 4.02. The van der Waals surface area contributed by atoms with Crippen LogP contribution in [0.25, 0.3) is 0 Å². The molecule has 2 aromatic carbocycles. The summed E-state index contributed by atoms with van der Waals surface area (Å²) in [6.07, 6.45) is 0. The lowest BCUT2D eigenvalue weighted by atomic mass is 10.2. The second-order valence-corrected chi connectivity index (χ2v) is 7.44. The maximum Gasteiger partial charge on any atom is 0.468 e. The molecule has 0 unspecified atom stereocenters. The first-order chi connectivity index (χ1) is 17.2. The largest absolute Gasteiger partial charge is 0.490 e. The molecule has 1 N–H and O–H groups in total. The summed E-state index contributed by atoms with van der Waals surface area (Å²) in [7, 11) is 0. The fraction of sp³-hybridized carbons (Fsp3) is 0.304. The van der Waals surface area contributed by atoms with Crippen LogP contribution >= 0.6 is 0 Å². The lowest BCUT2D eigenvalue weighted by Crippen LogP contribution is -2.20. The monoisotopic (exact) mass is 499 g/mol. The Morgan fingerprint density at radius 2 is 1.64 bits per heavy atom. The van der Waals surface area contributed by atoms with Gasteiger partial charge in [0.2, 0.25) is 5.91 Å². The van der Waals surface area contributed by atoms with Crippen molar-refractivity contribution >= 4 is 23.1 Å². The SMILES string of the molecule is CCOc1ccc(COc2ccc(NC(=O)Cn3nc([N+](=O)[O-])c([N+](=O)[O-])c3C)cc2)cc1OCC. The van der Waals surface area contributed by atoms with Gasteiger partial charge in [-0.3, -0.25) is 14.9 Å². The first-order valence-corrected chi connectivity index (χ1v) is 11.0. The molecule has 0 aliphatic carbocycles. The molecule has 0 saturated heterocycles. The van der Waals surface area contributed by atoms with Gasteiger partial charge in [0.25, 0.3) is 0 Å². The van der Waals surface area contributed by atoms with E-state index in [0.717, 1.165) is 10.2 Å². The minimum atomic E-state index is -0.955. The Bertz CT molecular complexity index is 1260. The van der Waals surface area contributed by atoms with E-state index in [4.69, 9.17) is 14.2 Å². The number of benzene rings is 2. The van der Waals surface area contributed by atoms with E-state index in [1.807, 2.05) is 32.0 Å². The second kappa shape index (κ2) is 11.6. The van der Waals surface area contributed by atoms with Crippen molar-refractivity contribution in [3.63, 3.8) is 0 Å². The standard InChI is InChI=1S/C23H25N5O8/c1-4-34-19-11-6-16(12-20(19)35-5-2)14-36-18-9-7-17(8-10-18)24-21(29)13-26-15(3)22(27(30)31)23(25-26)28(32)33/h6-12H,4-5,13-14H2,1-3H3,(H,24,29). The summed E-state index contributed by atoms with van der Waals surface area (Å²) in [5.41, 5.74) is 0.500. The Morgan fingerprint density at radius 1 is 0.972 bits per heavy atom. The van der Waals surface area contributed by atoms with E-state index in [0.29, 0.717) is 36.1 Å². The van der Waals surface area contributed by atoms with E-state index in [-0.39, 0.29) is 12.3 Å². The zero-order valence-electron chi connectivity index (χ0n) is 19.9. The molecule has 0 spiro atoms. The summed E-state index contributed by atoms with van der Waals surface area (Å²) in [6, 6.07) is 12.2. The van der Waals surface area contributed by atoms with Crippen molar-refractivity contribution in [2.24, 2.45) is 0 Å². The van der Waals surface area contributed by atoms with Gasteiger partial charge in [-0.1, -0.05) is 6.07 Å². The lowest BCUT2D eigenvalue weighted by Gasteiger charge is -2.13. The van der Waals surface area contributed by atoms with E-state index < -0.39 is 33.8 Å². The third-order valence-electron chi connectivity index (χ3n) is 4.96. The molecule has 1 heterocycles. The van der Waals surface area contributed by atoms with Gasteiger partial charge in [0.15, 0.2) is 11.5 Å². The molecule has 1 aromatic heterocycles. The van der Waals surface area contributed by atoms with Crippen LogP contribution in [0.1, 0.15) is 25.1 Å². The molecule has 0 saturated carbocycles. The van der Waals surface area contributed by atoms with Crippen LogP contribution in [0.3, 0.4) is 0 Å². The van der Waals surface area contributed by atoms with Gasteiger partial charge in [0.05, 0.1) is 23.2 Å². The van der Waals surface area contributed by atoms with Gasteiger partial charge in [-0.25, -0.2) is 0 Å². The molecule has 0 atom stereocenters. The van der Waals surface area contributed by atoms with Crippen LogP contribution in [0.4, 0.5) is 17.2 Å². The van der Waals surface area contributed by atoms with Crippen LogP contribution in [0.15, 0.2) is 42.5 Å². The van der Waals surface area contributed by atoms with Crippen LogP contribution in [0.2, 0.25) is 0 Å². The third kappa shape index (κ3) is 6.25. The van der Waals surface area contributed by atoms with Gasteiger partial charge in [0, 0.05) is 5.69 Å². The van der Waals surface area contributed by atoms with Crippen molar-refractivity contribution in [3.05, 3.63) is 74.0 Å². The van der Waals surface area contributed by atoms with Crippen LogP contribution in [-0.4, -0.2) is 38.7 Å². The number of nitrogens with one attached hydrogen (secondary N) is 1. The van der Waals surface area contributed by atoms with Gasteiger partial charge < -0.3 is 29.6 Å². The van der Waals surface area contributed by atoms with Crippen molar-refractivity contribution in [2.75, 3.05) is 18.5 Å². The molecule has 0 fully saturated rings. The number of carbonyl (C=O) groups is 1. The highest BCUT2D eigenvalue weighted by molar-refractivity contribution is 5.90. The van der Waals surface area contributed by atoms with E-state index in [2.05, 4.69) is 10.4 Å². The maximum absolute atomic E-state index is 12.4. The Kier molecular flexibility index (Phi) is 8.39. The molecule has 0 aliphatic heterocycles. The molecule has 3 rings (SSSR count). The Morgan fingerprint density at radius 3 is 2.22 bits per heavy atom. The van der Waals surface area contributed by atoms with Gasteiger partial charge in [-0.2, -0.15) is 4.68 Å². The molecule has 0 radical (unpaired) electrons. The zero-order chi connectivity index (χ0) is 26.2. The number of ether oxygens (including phenoxy) is 3. The third-order valence-corrected chi connectivity index (χ3v) is 4.96. The average molecular weight is 499 g/mol. The number of hydrogen-bond donors (Lipinski definition) is 1. The second-order valence-electron chi connectivity index (χ2n) is 7.44. The predicted molar refractivity (Wildman–Crippen MR) is 128 cm³/mol. The van der Waals surface area contributed by atoms with E-state index in [9.17, 15) is 25.0 Å². The van der Waals surface area contributed by atoms with Gasteiger partial charge >= 0.3 is 11.5 Å². The molecule has 36 heavy (non-hydrogen) atoms. The Hall–Kier alpha value is -4.68. The van der Waals surface area contributed by atoms with Gasteiger partial charge in [0.1, 0.15) is 24.6 Å². The smallest absolute Gasteiger partial charge is 0.468 e. The van der Waals surface area contributed by atoms with Gasteiger partial charge in [-0.05, 0) is 67.7 Å². The first kappa shape index (κ1) is 25.9. The highest BCUT2D eigenvalue weighted by Crippen LogP contribution is 2.30. The normalized spacial score (nSPS) is 10.5. The number of rotatable bonds is 12. The molecule has 3 aromatic rings. The fourth-order valence-electron chi connectivity index (χ4n) is 3.33. The van der Waals surface area contributed by atoms with Crippen LogP contribution in [0, 0.1) is 27.2 Å². The number of nitro groups is 2. The van der Waals surface area contributed by atoms with Crippen LogP contribution in [0.5, 0.6) is 17.2 Å². The molecule has 0 bridgehead atoms. The average Bonchev–Trinajstić information content (AvgIpc) is 3.16. The summed E-state index contributed by atoms with van der Waals surface area (Å²) in [4.78, 5) is 32.7. The minimum Gasteiger partial charge on any atom is -0.490 e.